The molecule has 8 amide bonds. The van der Waals surface area contributed by atoms with Crippen LogP contribution in [0.5, 0.6) is 0 Å². The van der Waals surface area contributed by atoms with E-state index in [-0.39, 0.29) is 57.2 Å². The zero-order valence-corrected chi connectivity index (χ0v) is 45.1. The molecule has 414 valence electrons. The number of aliphatic carboxylic acids is 1. The lowest BCUT2D eigenvalue weighted by molar-refractivity contribution is -0.145. The number of hydrogen-bond donors (Lipinski definition) is 9. The molecule has 0 bridgehead atoms. The van der Waals surface area contributed by atoms with Gasteiger partial charge >= 0.3 is 5.97 Å². The van der Waals surface area contributed by atoms with E-state index in [1.165, 1.54) is 9.80 Å². The fraction of sp³-hybridized carbons (Fsp3) is 0.618. The molecule has 2 fully saturated rings. The number of carboxylic acid groups (broad SMARTS) is 1. The number of likely N-dealkylation sites (tertiary alicyclic amines) is 2. The highest BCUT2D eigenvalue weighted by molar-refractivity contribution is 5.98. The van der Waals surface area contributed by atoms with E-state index in [0.29, 0.717) is 44.1 Å². The van der Waals surface area contributed by atoms with E-state index >= 15 is 0 Å². The third kappa shape index (κ3) is 18.4. The second kappa shape index (κ2) is 29.6. The first-order valence-corrected chi connectivity index (χ1v) is 26.7. The van der Waals surface area contributed by atoms with Crippen LogP contribution in [0, 0.1) is 23.7 Å². The lowest BCUT2D eigenvalue weighted by Crippen LogP contribution is -2.61. The molecule has 11 N–H and O–H groups in total. The molecule has 75 heavy (non-hydrogen) atoms. The zero-order valence-electron chi connectivity index (χ0n) is 45.1. The van der Waals surface area contributed by atoms with Crippen LogP contribution in [0.2, 0.25) is 0 Å². The van der Waals surface area contributed by atoms with Crippen LogP contribution < -0.4 is 43.4 Å². The summed E-state index contributed by atoms with van der Waals surface area (Å²) in [5.74, 6) is -6.80. The smallest absolute Gasteiger partial charge is 0.326 e. The summed E-state index contributed by atoms with van der Waals surface area (Å²) in [4.78, 5) is 128. The minimum absolute atomic E-state index is 0.0462. The predicted octanol–water partition coefficient (Wildman–Crippen LogP) is 1.92. The third-order valence-corrected chi connectivity index (χ3v) is 13.7. The normalized spacial score (nSPS) is 18.4. The first-order valence-electron chi connectivity index (χ1n) is 26.7. The fourth-order valence-electron chi connectivity index (χ4n) is 9.65. The van der Waals surface area contributed by atoms with Gasteiger partial charge in [0.15, 0.2) is 0 Å². The van der Waals surface area contributed by atoms with Crippen molar-refractivity contribution >= 4 is 53.2 Å². The minimum Gasteiger partial charge on any atom is -0.480 e. The molecule has 20 heteroatoms. The van der Waals surface area contributed by atoms with Gasteiger partial charge in [0.05, 0.1) is 6.04 Å². The Bertz CT molecular complexity index is 2250. The van der Waals surface area contributed by atoms with Crippen molar-refractivity contribution in [2.45, 2.75) is 174 Å². The number of amides is 8. The highest BCUT2D eigenvalue weighted by Crippen LogP contribution is 2.23. The molecule has 2 heterocycles. The number of nitrogens with two attached hydrogens (primary N) is 2. The Labute approximate surface area is 442 Å². The summed E-state index contributed by atoms with van der Waals surface area (Å²) in [6, 6.07) is 8.48. The van der Waals surface area contributed by atoms with Crippen LogP contribution in [0.3, 0.4) is 0 Å². The maximum atomic E-state index is 14.5. The highest BCUT2D eigenvalue weighted by Gasteiger charge is 2.42. The van der Waals surface area contributed by atoms with Gasteiger partial charge in [-0.05, 0) is 92.7 Å². The number of benzene rings is 2. The van der Waals surface area contributed by atoms with Crippen LogP contribution in [0.25, 0.3) is 0 Å². The molecule has 0 saturated carbocycles. The molecular formula is C55H84N10O10. The van der Waals surface area contributed by atoms with Crippen molar-refractivity contribution in [2.75, 3.05) is 19.6 Å². The third-order valence-electron chi connectivity index (χ3n) is 13.7. The molecule has 9 atom stereocenters. The summed E-state index contributed by atoms with van der Waals surface area (Å²) >= 11 is 0. The van der Waals surface area contributed by atoms with Crippen LogP contribution in [0.15, 0.2) is 60.7 Å². The monoisotopic (exact) mass is 1040 g/mol. The Balaban J connectivity index is 1.52. The number of carboxylic acids is 1. The number of nitrogens with one attached hydrogen (secondary N) is 6. The first-order chi connectivity index (χ1) is 35.5. The summed E-state index contributed by atoms with van der Waals surface area (Å²) in [5, 5.41) is 26.5. The zero-order chi connectivity index (χ0) is 55.5. The van der Waals surface area contributed by atoms with Crippen molar-refractivity contribution in [3.63, 3.8) is 0 Å². The molecule has 0 spiro atoms. The van der Waals surface area contributed by atoms with E-state index in [1.54, 1.807) is 52.0 Å². The van der Waals surface area contributed by atoms with Crippen LogP contribution in [0.1, 0.15) is 118 Å². The van der Waals surface area contributed by atoms with Gasteiger partial charge in [-0.3, -0.25) is 38.4 Å². The molecule has 0 radical (unpaired) electrons. The number of nitrogens with zero attached hydrogens (tertiary/aromatic N) is 2. The average Bonchev–Trinajstić information content (AvgIpc) is 4.06. The maximum Gasteiger partial charge on any atom is 0.326 e. The molecule has 2 aliphatic rings. The maximum absolute atomic E-state index is 14.5. The van der Waals surface area contributed by atoms with Gasteiger partial charge in [-0.2, -0.15) is 0 Å². The van der Waals surface area contributed by atoms with Gasteiger partial charge in [0, 0.05) is 25.9 Å². The first kappa shape index (κ1) is 61.1. The Hall–Kier alpha value is -6.41. The summed E-state index contributed by atoms with van der Waals surface area (Å²) in [6.07, 6.45) is 2.72. The molecular weight excluding hydrogens is 961 g/mol. The largest absolute Gasteiger partial charge is 0.480 e. The molecule has 0 aliphatic carbocycles. The van der Waals surface area contributed by atoms with E-state index in [2.05, 4.69) is 31.9 Å². The van der Waals surface area contributed by atoms with Crippen LogP contribution in [-0.4, -0.2) is 142 Å². The number of rotatable bonds is 28. The van der Waals surface area contributed by atoms with E-state index < -0.39 is 119 Å². The molecule has 2 aromatic rings. The SMILES string of the molecule is CC(C)C[C@H](NC(=O)[C@H](CCCN)NC(=O)[C@@H](NC(=O)[C@@H]1CCCN1C(=O)[C@@H](Cc1ccccc1)NC(=O)[C@@H](N)CC(C)C)C(C)C)C(=O)N[C@H](Cc1ccccc1)C(=O)N1CCC[C@H]1C(=O)N[C@H](C(=O)O)C(C)C. The number of hydrogen-bond acceptors (Lipinski definition) is 11. The van der Waals surface area contributed by atoms with Gasteiger partial charge in [-0.25, -0.2) is 4.79 Å². The molecule has 0 unspecified atom stereocenters. The van der Waals surface area contributed by atoms with E-state index in [4.69, 9.17) is 11.5 Å². The lowest BCUT2D eigenvalue weighted by Gasteiger charge is -2.32. The Kier molecular flexibility index (Phi) is 24.1. The Morgan fingerprint density at radius 1 is 0.547 bits per heavy atom. The number of carbonyl (C=O) groups excluding carboxylic acids is 8. The van der Waals surface area contributed by atoms with Crippen LogP contribution in [-0.2, 0) is 56.0 Å². The summed E-state index contributed by atoms with van der Waals surface area (Å²) in [7, 11) is 0. The van der Waals surface area contributed by atoms with Gasteiger partial charge in [0.2, 0.25) is 47.3 Å². The second-order valence-electron chi connectivity index (χ2n) is 21.6. The average molecular weight is 1050 g/mol. The molecule has 2 saturated heterocycles. The number of carbonyl (C=O) groups is 9. The van der Waals surface area contributed by atoms with Gasteiger partial charge in [-0.1, -0.05) is 116 Å². The summed E-state index contributed by atoms with van der Waals surface area (Å²) in [6.45, 7) is 15.0. The van der Waals surface area contributed by atoms with Crippen molar-refractivity contribution in [3.8, 4) is 0 Å². The van der Waals surface area contributed by atoms with Crippen molar-refractivity contribution in [1.29, 1.82) is 0 Å². The highest BCUT2D eigenvalue weighted by atomic mass is 16.4. The van der Waals surface area contributed by atoms with Gasteiger partial charge in [-0.15, -0.1) is 0 Å². The van der Waals surface area contributed by atoms with Gasteiger partial charge < -0.3 is 58.3 Å². The molecule has 4 rings (SSSR count). The van der Waals surface area contributed by atoms with Crippen molar-refractivity contribution in [1.82, 2.24) is 41.7 Å². The standard InChI is InChI=1S/C55H84N10O10/c1-32(2)28-38(57)47(66)60-41(30-36-18-11-9-12-19-36)53(72)64-26-16-23-43(64)50(69)62-45(34(5)6)52(71)58-39(22-15-25-56)48(67)59-40(29-33(3)4)49(68)61-42(31-37-20-13-10-14-21-37)54(73)65-27-17-24-44(65)51(70)63-46(35(7)8)55(74)75/h9-14,18-21,32-35,38-46H,15-17,22-31,56-57H2,1-8H3,(H,58,71)(H,59,67)(H,60,66)(H,61,68)(H,62,69)(H,63,70)(H,74,75)/t38-,39-,40-,41+,42+,43-,44-,45-,46-/m0/s1. The Morgan fingerprint density at radius 2 is 0.960 bits per heavy atom. The molecule has 2 aromatic carbocycles. The van der Waals surface area contributed by atoms with Crippen molar-refractivity contribution < 1.29 is 48.3 Å². The fourth-order valence-corrected chi connectivity index (χ4v) is 9.65. The minimum atomic E-state index is -1.21. The van der Waals surface area contributed by atoms with E-state index in [0.717, 1.165) is 5.56 Å². The van der Waals surface area contributed by atoms with E-state index in [1.807, 2.05) is 64.1 Å². The summed E-state index contributed by atoms with van der Waals surface area (Å²) in [5.41, 5.74) is 13.6. The lowest BCUT2D eigenvalue weighted by atomic mass is 9.99. The van der Waals surface area contributed by atoms with E-state index in [9.17, 15) is 48.3 Å². The van der Waals surface area contributed by atoms with Crippen molar-refractivity contribution in [3.05, 3.63) is 71.8 Å². The molecule has 20 nitrogen and oxygen atoms in total. The summed E-state index contributed by atoms with van der Waals surface area (Å²) < 4.78 is 0. The second-order valence-corrected chi connectivity index (χ2v) is 21.6. The predicted molar refractivity (Wildman–Crippen MR) is 284 cm³/mol. The molecule has 0 aromatic heterocycles. The topological polar surface area (TPSA) is 305 Å². The Morgan fingerprint density at radius 3 is 1.39 bits per heavy atom. The van der Waals surface area contributed by atoms with Crippen molar-refractivity contribution in [2.24, 2.45) is 35.1 Å². The molecule has 2 aliphatic heterocycles. The van der Waals surface area contributed by atoms with Gasteiger partial charge in [0.25, 0.3) is 0 Å². The van der Waals surface area contributed by atoms with Crippen LogP contribution in [0.4, 0.5) is 0 Å². The van der Waals surface area contributed by atoms with Gasteiger partial charge in [0.1, 0.15) is 48.3 Å². The quantitative estimate of drug-likeness (QED) is 0.0591. The van der Waals surface area contributed by atoms with Crippen LogP contribution >= 0.6 is 0 Å².